The normalized spacial score (nSPS) is 12.2. The van der Waals surface area contributed by atoms with Crippen LogP contribution in [0.2, 0.25) is 0 Å². The topological polar surface area (TPSA) is 94.7 Å². The fourth-order valence-electron chi connectivity index (χ4n) is 6.18. The van der Waals surface area contributed by atoms with Gasteiger partial charge in [0.25, 0.3) is 0 Å². The monoisotopic (exact) mass is 562 g/mol. The second-order valence-corrected chi connectivity index (χ2v) is 11.2. The number of carboxylic acid groups (broad SMARTS) is 1. The number of fused-ring (bicyclic) bond motifs is 8. The first-order valence-electron chi connectivity index (χ1n) is 14.3. The zero-order valence-corrected chi connectivity index (χ0v) is 24.2. The fourth-order valence-corrected chi connectivity index (χ4v) is 6.18. The van der Waals surface area contributed by atoms with Crippen LogP contribution in [0.4, 0.5) is 0 Å². The van der Waals surface area contributed by atoms with Gasteiger partial charge in [-0.1, -0.05) is 42.0 Å². The summed E-state index contributed by atoms with van der Waals surface area (Å²) in [6.45, 7) is 6.46. The van der Waals surface area contributed by atoms with E-state index >= 15 is 0 Å². The number of H-pyrrole nitrogens is 2. The molecular formula is C37H30N4O2. The molecule has 0 aliphatic carbocycles. The summed E-state index contributed by atoms with van der Waals surface area (Å²) in [5, 5.41) is 9.21. The molecule has 5 heterocycles. The molecule has 7 rings (SSSR count). The number of hydrogen-bond donors (Lipinski definition) is 3. The zero-order chi connectivity index (χ0) is 29.7. The maximum atomic E-state index is 11.2. The van der Waals surface area contributed by atoms with E-state index in [1.54, 1.807) is 0 Å². The molecule has 0 amide bonds. The number of aryl methyl sites for hydroxylation is 3. The van der Waals surface area contributed by atoms with Crippen LogP contribution >= 0.6 is 0 Å². The molecule has 0 saturated heterocycles. The largest absolute Gasteiger partial charge is 0.481 e. The van der Waals surface area contributed by atoms with Gasteiger partial charge in [-0.25, -0.2) is 9.97 Å². The van der Waals surface area contributed by atoms with Crippen molar-refractivity contribution in [2.75, 3.05) is 0 Å². The first-order valence-corrected chi connectivity index (χ1v) is 14.3. The van der Waals surface area contributed by atoms with Crippen molar-refractivity contribution in [1.82, 2.24) is 19.9 Å². The van der Waals surface area contributed by atoms with E-state index in [2.05, 4.69) is 85.4 Å². The van der Waals surface area contributed by atoms with Gasteiger partial charge >= 0.3 is 5.97 Å². The van der Waals surface area contributed by atoms with Gasteiger partial charge in [-0.15, -0.1) is 0 Å². The molecular weight excluding hydrogens is 532 g/mol. The Hall–Kier alpha value is -5.49. The highest BCUT2D eigenvalue weighted by atomic mass is 16.4. The van der Waals surface area contributed by atoms with E-state index in [0.717, 1.165) is 67.1 Å². The molecule has 0 radical (unpaired) electrons. The lowest BCUT2D eigenvalue weighted by Crippen LogP contribution is -1.99. The van der Waals surface area contributed by atoms with Gasteiger partial charge in [-0.05, 0) is 109 Å². The number of aliphatic carboxylic acids is 1. The molecule has 0 spiro atoms. The molecule has 0 atom stereocenters. The molecule has 3 aromatic heterocycles. The third-order valence-corrected chi connectivity index (χ3v) is 7.92. The van der Waals surface area contributed by atoms with Crippen LogP contribution in [-0.4, -0.2) is 31.0 Å². The maximum Gasteiger partial charge on any atom is 0.307 e. The van der Waals surface area contributed by atoms with Crippen molar-refractivity contribution in [3.05, 3.63) is 118 Å². The molecule has 6 heteroatoms. The lowest BCUT2D eigenvalue weighted by atomic mass is 9.92. The molecule has 2 aliphatic rings. The summed E-state index contributed by atoms with van der Waals surface area (Å²) in [6.07, 6.45) is 8.18. The number of nitrogens with zero attached hydrogens (tertiary/aromatic N) is 2. The van der Waals surface area contributed by atoms with E-state index in [0.29, 0.717) is 0 Å². The zero-order valence-electron chi connectivity index (χ0n) is 24.2. The van der Waals surface area contributed by atoms with Gasteiger partial charge in [0, 0.05) is 33.2 Å². The minimum absolute atomic E-state index is 0.0140. The van der Waals surface area contributed by atoms with Crippen molar-refractivity contribution in [2.45, 2.75) is 27.2 Å². The number of nitrogens with one attached hydrogen (secondary N) is 2. The van der Waals surface area contributed by atoms with Gasteiger partial charge in [0.2, 0.25) is 0 Å². The standard InChI is InChI=1S/C37H30N4O2/c1-21-16-22(2)35(23(3)17-21)37-32-14-10-28(40-32)19-26-8-12-30(38-26)36(25-6-4-24(5-7-25)18-34(42)43)31-13-9-27(39-31)20-29-11-15-33(37)41-29/h4-17,19-20,38,41H,18H2,1-3H3,(H,42,43). The van der Waals surface area contributed by atoms with Gasteiger partial charge in [0.1, 0.15) is 0 Å². The molecule has 0 saturated carbocycles. The molecule has 5 aromatic rings. The number of carbonyl (C=O) groups is 1. The Kier molecular flexibility index (Phi) is 6.39. The number of rotatable bonds is 4. The summed E-state index contributed by atoms with van der Waals surface area (Å²) in [6, 6.07) is 24.5. The Morgan fingerprint density at radius 2 is 1.19 bits per heavy atom. The minimum Gasteiger partial charge on any atom is -0.481 e. The highest BCUT2D eigenvalue weighted by Gasteiger charge is 2.16. The average molecular weight is 563 g/mol. The number of benzene rings is 2. The van der Waals surface area contributed by atoms with Gasteiger partial charge < -0.3 is 15.1 Å². The molecule has 2 aliphatic heterocycles. The number of hydrogen-bond acceptors (Lipinski definition) is 3. The van der Waals surface area contributed by atoms with Crippen LogP contribution in [0.3, 0.4) is 0 Å². The Morgan fingerprint density at radius 1 is 0.651 bits per heavy atom. The molecule has 8 bridgehead atoms. The Bertz CT molecular complexity index is 2140. The van der Waals surface area contributed by atoms with E-state index < -0.39 is 5.97 Å². The van der Waals surface area contributed by atoms with Crippen LogP contribution in [0.15, 0.2) is 72.8 Å². The third-order valence-electron chi connectivity index (χ3n) is 7.92. The highest BCUT2D eigenvalue weighted by molar-refractivity contribution is 5.94. The van der Waals surface area contributed by atoms with Gasteiger partial charge in [0.15, 0.2) is 0 Å². The molecule has 43 heavy (non-hydrogen) atoms. The van der Waals surface area contributed by atoms with Crippen LogP contribution in [0, 0.1) is 20.8 Å². The van der Waals surface area contributed by atoms with Crippen LogP contribution in [-0.2, 0) is 11.2 Å². The highest BCUT2D eigenvalue weighted by Crippen LogP contribution is 2.36. The summed E-state index contributed by atoms with van der Waals surface area (Å²) < 4.78 is 0. The second-order valence-electron chi connectivity index (χ2n) is 11.2. The fraction of sp³-hybridized carbons (Fsp3) is 0.108. The Balaban J connectivity index is 1.51. The van der Waals surface area contributed by atoms with Crippen LogP contribution in [0.25, 0.3) is 68.6 Å². The molecule has 210 valence electrons. The lowest BCUT2D eigenvalue weighted by molar-refractivity contribution is -0.136. The van der Waals surface area contributed by atoms with E-state index in [-0.39, 0.29) is 6.42 Å². The minimum atomic E-state index is -0.849. The number of carboxylic acids is 1. The smallest absolute Gasteiger partial charge is 0.307 e. The Labute approximate surface area is 249 Å². The first-order chi connectivity index (χ1) is 20.8. The maximum absolute atomic E-state index is 11.2. The summed E-state index contributed by atoms with van der Waals surface area (Å²) >= 11 is 0. The van der Waals surface area contributed by atoms with Crippen molar-refractivity contribution < 1.29 is 9.90 Å². The van der Waals surface area contributed by atoms with Crippen molar-refractivity contribution in [3.63, 3.8) is 0 Å². The molecule has 0 unspecified atom stereocenters. The van der Waals surface area contributed by atoms with Crippen molar-refractivity contribution >= 4 is 52.3 Å². The summed E-state index contributed by atoms with van der Waals surface area (Å²) in [5.74, 6) is -0.849. The quantitative estimate of drug-likeness (QED) is 0.200. The molecule has 0 fully saturated rings. The van der Waals surface area contributed by atoms with E-state index in [9.17, 15) is 9.90 Å². The van der Waals surface area contributed by atoms with Crippen molar-refractivity contribution in [3.8, 4) is 22.3 Å². The van der Waals surface area contributed by atoms with Crippen molar-refractivity contribution in [1.29, 1.82) is 0 Å². The summed E-state index contributed by atoms with van der Waals surface area (Å²) in [4.78, 5) is 28.5. The lowest BCUT2D eigenvalue weighted by Gasteiger charge is -2.13. The van der Waals surface area contributed by atoms with Gasteiger partial charge in [0.05, 0.1) is 29.2 Å². The van der Waals surface area contributed by atoms with Crippen molar-refractivity contribution in [2.24, 2.45) is 0 Å². The van der Waals surface area contributed by atoms with Gasteiger partial charge in [-0.2, -0.15) is 0 Å². The summed E-state index contributed by atoms with van der Waals surface area (Å²) in [5.41, 5.74) is 15.8. The van der Waals surface area contributed by atoms with E-state index in [1.807, 2.05) is 42.5 Å². The number of aromatic amines is 2. The third kappa shape index (κ3) is 5.08. The van der Waals surface area contributed by atoms with E-state index in [4.69, 9.17) is 9.97 Å². The van der Waals surface area contributed by atoms with Crippen LogP contribution < -0.4 is 0 Å². The molecule has 6 nitrogen and oxygen atoms in total. The molecule has 3 N–H and O–H groups in total. The summed E-state index contributed by atoms with van der Waals surface area (Å²) in [7, 11) is 0. The number of aromatic nitrogens is 4. The first kappa shape index (κ1) is 26.4. The predicted molar refractivity (Wildman–Crippen MR) is 175 cm³/mol. The molecule has 2 aromatic carbocycles. The Morgan fingerprint density at radius 3 is 1.74 bits per heavy atom. The van der Waals surface area contributed by atoms with Gasteiger partial charge in [-0.3, -0.25) is 4.79 Å². The second kappa shape index (κ2) is 10.4. The van der Waals surface area contributed by atoms with Crippen LogP contribution in [0.5, 0.6) is 0 Å². The SMILES string of the molecule is Cc1cc(C)c(-c2c3nc(cc4ccc([nH]4)c(-c4ccc(CC(=O)O)cc4)c4nc(cc5ccc2[nH]5)C=C4)C=C3)c(C)c1. The van der Waals surface area contributed by atoms with E-state index in [1.165, 1.54) is 22.3 Å². The average Bonchev–Trinajstić information content (AvgIpc) is 3.77. The van der Waals surface area contributed by atoms with Crippen LogP contribution in [0.1, 0.15) is 45.0 Å². The predicted octanol–water partition coefficient (Wildman–Crippen LogP) is 8.54.